The molecule has 1 amide bonds. The summed E-state index contributed by atoms with van der Waals surface area (Å²) < 4.78 is 7.08. The summed E-state index contributed by atoms with van der Waals surface area (Å²) in [4.78, 5) is 24.3. The molecule has 1 heterocycles. The van der Waals surface area contributed by atoms with Crippen molar-refractivity contribution in [3.05, 3.63) is 103 Å². The Morgan fingerprint density at radius 2 is 1.67 bits per heavy atom. The Labute approximate surface area is 251 Å². The molecule has 0 radical (unpaired) electrons. The fourth-order valence-corrected chi connectivity index (χ4v) is 7.16. The van der Waals surface area contributed by atoms with Gasteiger partial charge in [0.15, 0.2) is 0 Å². The van der Waals surface area contributed by atoms with Crippen LogP contribution < -0.4 is 5.32 Å². The smallest absolute Gasteiger partial charge is 0.307 e. The number of carbonyl (C=O) groups excluding carboxylic acids is 2. The third kappa shape index (κ3) is 7.23. The molecule has 2 atom stereocenters. The topological polar surface area (TPSA) is 55.4 Å². The molecule has 0 aliphatic rings. The maximum absolute atomic E-state index is 12.7. The third-order valence-electron chi connectivity index (χ3n) is 6.71. The normalized spacial score (nSPS) is 12.7. The summed E-state index contributed by atoms with van der Waals surface area (Å²) in [5, 5.41) is 7.56. The first-order chi connectivity index (χ1) is 18.8. The second-order valence-corrected chi connectivity index (χ2v) is 11.9. The number of hydrogen-bond acceptors (Lipinski definition) is 4. The zero-order chi connectivity index (χ0) is 27.9. The molecule has 4 nitrogen and oxygen atoms in total. The molecule has 4 aromatic rings. The monoisotopic (exact) mass is 645 g/mol. The lowest BCUT2D eigenvalue weighted by Crippen LogP contribution is -2.26. The minimum atomic E-state index is -0.321. The van der Waals surface area contributed by atoms with E-state index in [0.717, 1.165) is 28.3 Å². The molecule has 0 aliphatic heterocycles. The van der Waals surface area contributed by atoms with E-state index in [0.29, 0.717) is 22.2 Å². The molecule has 39 heavy (non-hydrogen) atoms. The Morgan fingerprint density at radius 1 is 0.974 bits per heavy atom. The van der Waals surface area contributed by atoms with Gasteiger partial charge >= 0.3 is 5.97 Å². The van der Waals surface area contributed by atoms with E-state index < -0.39 is 0 Å². The number of rotatable bonds is 11. The number of amides is 1. The van der Waals surface area contributed by atoms with Crippen molar-refractivity contribution in [2.45, 2.75) is 44.9 Å². The highest BCUT2D eigenvalue weighted by molar-refractivity contribution is 9.10. The first-order valence-corrected chi connectivity index (χ1v) is 15.4. The summed E-state index contributed by atoms with van der Waals surface area (Å²) >= 11 is 18.2. The Kier molecular flexibility index (Phi) is 10.5. The predicted molar refractivity (Wildman–Crippen MR) is 166 cm³/mol. The van der Waals surface area contributed by atoms with Crippen molar-refractivity contribution in [2.75, 3.05) is 13.2 Å². The van der Waals surface area contributed by atoms with Crippen LogP contribution in [0.5, 0.6) is 0 Å². The van der Waals surface area contributed by atoms with Crippen molar-refractivity contribution in [1.29, 1.82) is 0 Å². The molecule has 8 heteroatoms. The zero-order valence-electron chi connectivity index (χ0n) is 21.8. The summed E-state index contributed by atoms with van der Waals surface area (Å²) in [6.07, 6.45) is 2.10. The second-order valence-electron chi connectivity index (χ2n) is 9.31. The molecular formula is C31H30BrCl2NO3S. The summed E-state index contributed by atoms with van der Waals surface area (Å²) in [5.41, 5.74) is 4.10. The number of ether oxygens (including phenoxy) is 1. The maximum atomic E-state index is 12.7. The number of thiophene rings is 1. The molecule has 3 aromatic carbocycles. The van der Waals surface area contributed by atoms with Gasteiger partial charge < -0.3 is 10.1 Å². The van der Waals surface area contributed by atoms with Crippen LogP contribution in [-0.4, -0.2) is 25.0 Å². The fraction of sp³-hybridized carbons (Fsp3) is 0.290. The maximum Gasteiger partial charge on any atom is 0.307 e. The Hall–Kier alpha value is -2.38. The van der Waals surface area contributed by atoms with E-state index in [1.54, 1.807) is 18.3 Å². The third-order valence-corrected chi connectivity index (χ3v) is 9.12. The Bertz CT molecular complexity index is 1440. The zero-order valence-corrected chi connectivity index (χ0v) is 25.7. The van der Waals surface area contributed by atoms with E-state index in [4.69, 9.17) is 27.9 Å². The van der Waals surface area contributed by atoms with Crippen LogP contribution in [0.2, 0.25) is 10.0 Å². The molecule has 0 spiro atoms. The molecule has 1 N–H and O–H groups in total. The number of carbonyl (C=O) groups is 2. The minimum absolute atomic E-state index is 0.0607. The standard InChI is InChI=1S/C31H30BrCl2NO3S/c1-3-5-24(19-6-8-21(9-7-19)31(37)35-15-14-28(36)38-4-2)29(20-10-12-22(33)13-11-20)26-18-39-30-25(26)16-23(34)17-27(30)32/h6-13,16-18,24,29H,3-5,14-15H2,1-2H3,(H,35,37)/t24-,29?/m1/s1. The summed E-state index contributed by atoms with van der Waals surface area (Å²) in [5.74, 6) is -0.313. The molecule has 1 unspecified atom stereocenters. The molecular weight excluding hydrogens is 617 g/mol. The molecule has 1 aromatic heterocycles. The van der Waals surface area contributed by atoms with Crippen molar-refractivity contribution in [2.24, 2.45) is 0 Å². The number of hydrogen-bond donors (Lipinski definition) is 1. The van der Waals surface area contributed by atoms with Crippen molar-refractivity contribution < 1.29 is 14.3 Å². The van der Waals surface area contributed by atoms with Gasteiger partial charge in [0.05, 0.1) is 13.0 Å². The quantitative estimate of drug-likeness (QED) is 0.165. The van der Waals surface area contributed by atoms with Gasteiger partial charge in [-0.15, -0.1) is 11.3 Å². The summed E-state index contributed by atoms with van der Waals surface area (Å²) in [6, 6.07) is 19.9. The number of benzene rings is 3. The van der Waals surface area contributed by atoms with E-state index in [9.17, 15) is 9.59 Å². The lowest BCUT2D eigenvalue weighted by molar-refractivity contribution is -0.142. The lowest BCUT2D eigenvalue weighted by Gasteiger charge is -2.29. The molecule has 0 aliphatic carbocycles. The van der Waals surface area contributed by atoms with E-state index in [2.05, 4.69) is 45.7 Å². The number of halogens is 3. The van der Waals surface area contributed by atoms with Crippen LogP contribution in [0.1, 0.15) is 72.0 Å². The summed E-state index contributed by atoms with van der Waals surface area (Å²) in [7, 11) is 0. The number of nitrogens with one attached hydrogen (secondary N) is 1. The first kappa shape index (κ1) is 29.6. The van der Waals surface area contributed by atoms with Crippen LogP contribution in [0.4, 0.5) is 0 Å². The first-order valence-electron chi connectivity index (χ1n) is 13.0. The average Bonchev–Trinajstić information content (AvgIpc) is 3.33. The predicted octanol–water partition coefficient (Wildman–Crippen LogP) is 9.37. The van der Waals surface area contributed by atoms with E-state index in [-0.39, 0.29) is 36.7 Å². The largest absolute Gasteiger partial charge is 0.466 e. The highest BCUT2D eigenvalue weighted by Gasteiger charge is 2.29. The minimum Gasteiger partial charge on any atom is -0.466 e. The van der Waals surface area contributed by atoms with E-state index >= 15 is 0 Å². The highest BCUT2D eigenvalue weighted by atomic mass is 79.9. The Balaban J connectivity index is 1.68. The van der Waals surface area contributed by atoms with Crippen molar-refractivity contribution in [3.63, 3.8) is 0 Å². The van der Waals surface area contributed by atoms with E-state index in [1.165, 1.54) is 15.8 Å². The van der Waals surface area contributed by atoms with Gasteiger partial charge in [-0.2, -0.15) is 0 Å². The van der Waals surface area contributed by atoms with Crippen LogP contribution in [-0.2, 0) is 9.53 Å². The molecule has 0 fully saturated rings. The van der Waals surface area contributed by atoms with Crippen molar-refractivity contribution in [3.8, 4) is 0 Å². The van der Waals surface area contributed by atoms with Crippen LogP contribution in [0.15, 0.2) is 70.5 Å². The molecule has 0 bridgehead atoms. The molecule has 204 valence electrons. The highest BCUT2D eigenvalue weighted by Crippen LogP contribution is 2.47. The van der Waals surface area contributed by atoms with Crippen molar-refractivity contribution >= 4 is 72.4 Å². The molecule has 0 saturated carbocycles. The molecule has 0 saturated heterocycles. The SMILES string of the molecule is CCC[C@H](c1ccc(C(=O)NCCC(=O)OCC)cc1)C(c1ccc(Cl)cc1)c1csc2c(Br)cc(Cl)cc12. The molecule has 4 rings (SSSR count). The van der Waals surface area contributed by atoms with Gasteiger partial charge in [0, 0.05) is 37.2 Å². The number of fused-ring (bicyclic) bond motifs is 1. The van der Waals surface area contributed by atoms with Crippen LogP contribution >= 0.6 is 50.5 Å². The van der Waals surface area contributed by atoms with Gasteiger partial charge in [-0.25, -0.2) is 0 Å². The van der Waals surface area contributed by atoms with Crippen LogP contribution in [0, 0.1) is 0 Å². The second kappa shape index (κ2) is 13.8. The summed E-state index contributed by atoms with van der Waals surface area (Å²) in [6.45, 7) is 4.52. The lowest BCUT2D eigenvalue weighted by atomic mass is 9.75. The van der Waals surface area contributed by atoms with Gasteiger partial charge in [0.25, 0.3) is 5.91 Å². The van der Waals surface area contributed by atoms with Crippen LogP contribution in [0.25, 0.3) is 10.1 Å². The van der Waals surface area contributed by atoms with Crippen LogP contribution in [0.3, 0.4) is 0 Å². The van der Waals surface area contributed by atoms with Crippen molar-refractivity contribution in [1.82, 2.24) is 5.32 Å². The average molecular weight is 647 g/mol. The fourth-order valence-electron chi connectivity index (χ4n) is 4.95. The van der Waals surface area contributed by atoms with Gasteiger partial charge in [0.1, 0.15) is 0 Å². The number of esters is 1. The van der Waals surface area contributed by atoms with Gasteiger partial charge in [-0.1, -0.05) is 60.8 Å². The van der Waals surface area contributed by atoms with Gasteiger partial charge in [0.2, 0.25) is 0 Å². The van der Waals surface area contributed by atoms with E-state index in [1.807, 2.05) is 48.5 Å². The Morgan fingerprint density at radius 3 is 2.33 bits per heavy atom. The van der Waals surface area contributed by atoms with Gasteiger partial charge in [-0.3, -0.25) is 9.59 Å². The van der Waals surface area contributed by atoms with Gasteiger partial charge in [-0.05, 0) is 99.0 Å².